The van der Waals surface area contributed by atoms with Crippen molar-refractivity contribution in [1.82, 2.24) is 0 Å². The van der Waals surface area contributed by atoms with Crippen LogP contribution in [0.1, 0.15) is 21.5 Å². The molecule has 0 aliphatic carbocycles. The molecule has 4 heteroatoms. The van der Waals surface area contributed by atoms with Crippen molar-refractivity contribution >= 4 is 21.7 Å². The second-order valence-electron chi connectivity index (χ2n) is 4.83. The van der Waals surface area contributed by atoms with Crippen LogP contribution in [0.3, 0.4) is 0 Å². The molecule has 0 atom stereocenters. The third kappa shape index (κ3) is 3.85. The molecule has 2 aromatic carbocycles. The Morgan fingerprint density at radius 2 is 1.81 bits per heavy atom. The molecule has 0 heterocycles. The highest BCUT2D eigenvalue weighted by atomic mass is 79.9. The van der Waals surface area contributed by atoms with Crippen molar-refractivity contribution in [2.24, 2.45) is 0 Å². The van der Waals surface area contributed by atoms with Gasteiger partial charge in [0, 0.05) is 5.56 Å². The summed E-state index contributed by atoms with van der Waals surface area (Å²) in [5.74, 6) is 1.36. The number of rotatable bonds is 5. The molecule has 0 radical (unpaired) electrons. The summed E-state index contributed by atoms with van der Waals surface area (Å²) in [5, 5.41) is 0. The van der Waals surface area contributed by atoms with Crippen LogP contribution >= 0.6 is 15.9 Å². The molecule has 0 fully saturated rings. The molecule has 0 saturated heterocycles. The Balaban J connectivity index is 2.06. The summed E-state index contributed by atoms with van der Waals surface area (Å²) in [5.41, 5.74) is 2.79. The smallest absolute Gasteiger partial charge is 0.200 e. The predicted molar refractivity (Wildman–Crippen MR) is 86.4 cm³/mol. The molecular weight excluding hydrogens is 332 g/mol. The van der Waals surface area contributed by atoms with E-state index in [0.29, 0.717) is 11.3 Å². The molecule has 21 heavy (non-hydrogen) atoms. The molecular formula is C17H17BrO3. The summed E-state index contributed by atoms with van der Waals surface area (Å²) in [6.07, 6.45) is 0. The fourth-order valence-corrected chi connectivity index (χ4v) is 2.57. The molecule has 110 valence electrons. The van der Waals surface area contributed by atoms with E-state index < -0.39 is 0 Å². The van der Waals surface area contributed by atoms with Gasteiger partial charge < -0.3 is 9.47 Å². The normalized spacial score (nSPS) is 10.3. The zero-order valence-corrected chi connectivity index (χ0v) is 13.9. The van der Waals surface area contributed by atoms with Crippen LogP contribution in [-0.2, 0) is 0 Å². The van der Waals surface area contributed by atoms with E-state index in [0.717, 1.165) is 15.8 Å². The number of Topliss-reactive ketones (excluding diaryl/α,β-unsaturated/α-hetero) is 1. The number of halogens is 1. The number of carbonyl (C=O) groups excluding carboxylic acids is 1. The molecule has 2 rings (SSSR count). The molecule has 0 amide bonds. The van der Waals surface area contributed by atoms with Gasteiger partial charge in [0.1, 0.15) is 11.5 Å². The minimum atomic E-state index is -0.0710. The van der Waals surface area contributed by atoms with E-state index in [1.54, 1.807) is 25.3 Å². The zero-order valence-electron chi connectivity index (χ0n) is 12.3. The number of benzene rings is 2. The molecule has 0 saturated carbocycles. The Kier molecular flexibility index (Phi) is 5.02. The van der Waals surface area contributed by atoms with Gasteiger partial charge in [0.05, 0.1) is 11.6 Å². The predicted octanol–water partition coefficient (Wildman–Crippen LogP) is 4.34. The van der Waals surface area contributed by atoms with E-state index in [9.17, 15) is 4.79 Å². The molecule has 0 aromatic heterocycles. The van der Waals surface area contributed by atoms with Crippen LogP contribution in [0.4, 0.5) is 0 Å². The average molecular weight is 349 g/mol. The van der Waals surface area contributed by atoms with Crippen molar-refractivity contribution in [3.05, 3.63) is 57.6 Å². The Labute approximate surface area is 133 Å². The van der Waals surface area contributed by atoms with E-state index in [2.05, 4.69) is 15.9 Å². The Morgan fingerprint density at radius 1 is 1.10 bits per heavy atom. The Hall–Kier alpha value is -1.81. The van der Waals surface area contributed by atoms with Crippen LogP contribution < -0.4 is 9.47 Å². The van der Waals surface area contributed by atoms with Gasteiger partial charge in [-0.3, -0.25) is 4.79 Å². The molecule has 0 aliphatic rings. The molecule has 0 N–H and O–H groups in total. The first-order valence-corrected chi connectivity index (χ1v) is 7.37. The maximum Gasteiger partial charge on any atom is 0.200 e. The molecule has 0 bridgehead atoms. The van der Waals surface area contributed by atoms with Crippen molar-refractivity contribution in [2.45, 2.75) is 13.8 Å². The van der Waals surface area contributed by atoms with Gasteiger partial charge in [-0.25, -0.2) is 0 Å². The van der Waals surface area contributed by atoms with Gasteiger partial charge in [0.2, 0.25) is 0 Å². The molecule has 0 aliphatic heterocycles. The second-order valence-corrected chi connectivity index (χ2v) is 5.68. The Morgan fingerprint density at radius 3 is 2.43 bits per heavy atom. The van der Waals surface area contributed by atoms with Gasteiger partial charge in [0.25, 0.3) is 0 Å². The summed E-state index contributed by atoms with van der Waals surface area (Å²) in [4.78, 5) is 12.2. The van der Waals surface area contributed by atoms with Crippen molar-refractivity contribution in [3.8, 4) is 11.5 Å². The van der Waals surface area contributed by atoms with Gasteiger partial charge >= 0.3 is 0 Å². The van der Waals surface area contributed by atoms with Gasteiger partial charge in [0.15, 0.2) is 12.4 Å². The van der Waals surface area contributed by atoms with Crippen molar-refractivity contribution < 1.29 is 14.3 Å². The lowest BCUT2D eigenvalue weighted by Gasteiger charge is -2.10. The van der Waals surface area contributed by atoms with Crippen LogP contribution in [0, 0.1) is 13.8 Å². The lowest BCUT2D eigenvalue weighted by atomic mass is 10.1. The number of ether oxygens (including phenoxy) is 2. The highest BCUT2D eigenvalue weighted by molar-refractivity contribution is 9.10. The average Bonchev–Trinajstić information content (AvgIpc) is 2.46. The molecule has 3 nitrogen and oxygen atoms in total. The first-order valence-electron chi connectivity index (χ1n) is 6.58. The molecule has 0 spiro atoms. The summed E-state index contributed by atoms with van der Waals surface area (Å²) in [7, 11) is 1.59. The maximum absolute atomic E-state index is 12.2. The summed E-state index contributed by atoms with van der Waals surface area (Å²) in [6.45, 7) is 4.01. The number of hydrogen-bond acceptors (Lipinski definition) is 3. The summed E-state index contributed by atoms with van der Waals surface area (Å²) in [6, 6.07) is 11.1. The number of methoxy groups -OCH3 is 1. The van der Waals surface area contributed by atoms with Crippen LogP contribution in [0.25, 0.3) is 0 Å². The fraction of sp³-hybridized carbons (Fsp3) is 0.235. The van der Waals surface area contributed by atoms with E-state index in [1.165, 1.54) is 5.56 Å². The lowest BCUT2D eigenvalue weighted by molar-refractivity contribution is 0.0921. The van der Waals surface area contributed by atoms with Crippen molar-refractivity contribution in [3.63, 3.8) is 0 Å². The lowest BCUT2D eigenvalue weighted by Crippen LogP contribution is -2.12. The zero-order chi connectivity index (χ0) is 15.4. The number of hydrogen-bond donors (Lipinski definition) is 0. The van der Waals surface area contributed by atoms with Gasteiger partial charge in [-0.1, -0.05) is 17.7 Å². The quantitative estimate of drug-likeness (QED) is 0.754. The van der Waals surface area contributed by atoms with Gasteiger partial charge in [-0.2, -0.15) is 0 Å². The summed E-state index contributed by atoms with van der Waals surface area (Å²) >= 11 is 3.37. The second kappa shape index (κ2) is 6.76. The van der Waals surface area contributed by atoms with Crippen LogP contribution in [-0.4, -0.2) is 19.5 Å². The topological polar surface area (TPSA) is 35.5 Å². The minimum absolute atomic E-state index is 0.0165. The third-order valence-corrected chi connectivity index (χ3v) is 3.78. The summed E-state index contributed by atoms with van der Waals surface area (Å²) < 4.78 is 11.5. The SMILES string of the molecule is COc1ccc(C(=O)COc2ccc(C)cc2C)cc1Br. The van der Waals surface area contributed by atoms with Crippen LogP contribution in [0.15, 0.2) is 40.9 Å². The third-order valence-electron chi connectivity index (χ3n) is 3.16. The fourth-order valence-electron chi connectivity index (χ4n) is 2.03. The highest BCUT2D eigenvalue weighted by Gasteiger charge is 2.10. The highest BCUT2D eigenvalue weighted by Crippen LogP contribution is 2.26. The van der Waals surface area contributed by atoms with Crippen LogP contribution in [0.2, 0.25) is 0 Å². The first kappa shape index (κ1) is 15.6. The minimum Gasteiger partial charge on any atom is -0.496 e. The molecule has 2 aromatic rings. The van der Waals surface area contributed by atoms with E-state index in [4.69, 9.17) is 9.47 Å². The monoisotopic (exact) mass is 348 g/mol. The van der Waals surface area contributed by atoms with E-state index >= 15 is 0 Å². The number of ketones is 1. The molecule has 0 unspecified atom stereocenters. The van der Waals surface area contributed by atoms with Crippen LogP contribution in [0.5, 0.6) is 11.5 Å². The van der Waals surface area contributed by atoms with E-state index in [-0.39, 0.29) is 12.4 Å². The maximum atomic E-state index is 12.2. The number of aryl methyl sites for hydroxylation is 2. The largest absolute Gasteiger partial charge is 0.496 e. The van der Waals surface area contributed by atoms with E-state index in [1.807, 2.05) is 32.0 Å². The van der Waals surface area contributed by atoms with Gasteiger partial charge in [-0.05, 0) is 59.6 Å². The first-order chi connectivity index (χ1) is 10.0. The van der Waals surface area contributed by atoms with Crippen molar-refractivity contribution in [1.29, 1.82) is 0 Å². The standard InChI is InChI=1S/C17H17BrO3/c1-11-4-6-16(12(2)8-11)21-10-15(19)13-5-7-17(20-3)14(18)9-13/h4-9H,10H2,1-3H3. The van der Waals surface area contributed by atoms with Gasteiger partial charge in [-0.15, -0.1) is 0 Å². The van der Waals surface area contributed by atoms with Crippen molar-refractivity contribution in [2.75, 3.05) is 13.7 Å². The number of carbonyl (C=O) groups is 1. The Bertz CT molecular complexity index is 665.